The fourth-order valence-corrected chi connectivity index (χ4v) is 4.20. The summed E-state index contributed by atoms with van der Waals surface area (Å²) in [5.41, 5.74) is 3.36. The summed E-state index contributed by atoms with van der Waals surface area (Å²) < 4.78 is 5.78. The van der Waals surface area contributed by atoms with Crippen molar-refractivity contribution in [1.29, 1.82) is 0 Å². The first-order valence-electron chi connectivity index (χ1n) is 8.86. The van der Waals surface area contributed by atoms with E-state index in [1.165, 1.54) is 0 Å². The Balaban J connectivity index is 1.34. The third-order valence-corrected chi connectivity index (χ3v) is 5.85. The van der Waals surface area contributed by atoms with E-state index in [0.29, 0.717) is 24.6 Å². The second-order valence-corrected chi connectivity index (χ2v) is 7.77. The highest BCUT2D eigenvalue weighted by atomic mass is 35.5. The van der Waals surface area contributed by atoms with E-state index >= 15 is 0 Å². The summed E-state index contributed by atoms with van der Waals surface area (Å²) in [6.45, 7) is 5.05. The van der Waals surface area contributed by atoms with Crippen LogP contribution in [0.3, 0.4) is 0 Å². The van der Waals surface area contributed by atoms with Gasteiger partial charge in [-0.25, -0.2) is 4.98 Å². The first-order valence-corrected chi connectivity index (χ1v) is 10.1. The van der Waals surface area contributed by atoms with E-state index in [2.05, 4.69) is 11.6 Å². The molecule has 138 valence electrons. The van der Waals surface area contributed by atoms with Gasteiger partial charge in [-0.1, -0.05) is 42.5 Å². The Kier molecular flexibility index (Phi) is 5.14. The Morgan fingerprint density at radius 3 is 2.78 bits per heavy atom. The number of carbonyl (C=O) groups excluding carboxylic acids is 1. The Bertz CT molecular complexity index is 926. The van der Waals surface area contributed by atoms with Crippen LogP contribution in [0.2, 0.25) is 0 Å². The number of ether oxygens (including phenoxy) is 1. The third-order valence-electron chi connectivity index (χ3n) is 4.64. The van der Waals surface area contributed by atoms with E-state index in [9.17, 15) is 4.79 Å². The van der Waals surface area contributed by atoms with Crippen LogP contribution in [0.15, 0.2) is 59.2 Å². The number of aromatic nitrogens is 1. The highest BCUT2D eigenvalue weighted by Crippen LogP contribution is 2.31. The lowest BCUT2D eigenvalue weighted by atomic mass is 10.1. The van der Waals surface area contributed by atoms with Gasteiger partial charge in [-0.2, -0.15) is 0 Å². The summed E-state index contributed by atoms with van der Waals surface area (Å²) in [5, 5.41) is 3.58. The van der Waals surface area contributed by atoms with Gasteiger partial charge in [0.1, 0.15) is 17.4 Å². The number of thiazole rings is 1. The lowest BCUT2D eigenvalue weighted by molar-refractivity contribution is 0.0851. The molecule has 6 heteroatoms. The number of nitrogens with zero attached hydrogens (tertiary/aromatic N) is 2. The van der Waals surface area contributed by atoms with Gasteiger partial charge in [-0.05, 0) is 25.0 Å². The maximum atomic E-state index is 12.5. The molecule has 4 rings (SSSR count). The summed E-state index contributed by atoms with van der Waals surface area (Å²) >= 11 is 7.71. The first kappa shape index (κ1) is 18.0. The minimum Gasteiger partial charge on any atom is -0.485 e. The van der Waals surface area contributed by atoms with E-state index in [0.717, 1.165) is 46.1 Å². The highest BCUT2D eigenvalue weighted by Gasteiger charge is 2.30. The minimum atomic E-state index is 0.0139. The summed E-state index contributed by atoms with van der Waals surface area (Å²) in [5.74, 6) is 0.747. The summed E-state index contributed by atoms with van der Waals surface area (Å²) in [4.78, 5) is 18.9. The predicted octanol–water partition coefficient (Wildman–Crippen LogP) is 5.13. The molecule has 0 unspecified atom stereocenters. The molecule has 2 heterocycles. The maximum absolute atomic E-state index is 12.5. The topological polar surface area (TPSA) is 42.4 Å². The molecule has 1 aromatic carbocycles. The Labute approximate surface area is 167 Å². The lowest BCUT2D eigenvalue weighted by Gasteiger charge is -2.16. The number of rotatable bonds is 6. The van der Waals surface area contributed by atoms with Crippen LogP contribution in [-0.2, 0) is 17.8 Å². The van der Waals surface area contributed by atoms with Gasteiger partial charge in [0.2, 0.25) is 0 Å². The number of amides is 1. The van der Waals surface area contributed by atoms with Crippen LogP contribution in [0, 0.1) is 0 Å². The zero-order valence-electron chi connectivity index (χ0n) is 14.8. The summed E-state index contributed by atoms with van der Waals surface area (Å²) in [6, 6.07) is 7.59. The third kappa shape index (κ3) is 3.70. The van der Waals surface area contributed by atoms with Crippen LogP contribution in [0.4, 0.5) is 0 Å². The predicted molar refractivity (Wildman–Crippen MR) is 108 cm³/mol. The molecule has 1 aliphatic carbocycles. The molecule has 1 aliphatic heterocycles. The van der Waals surface area contributed by atoms with Crippen LogP contribution < -0.4 is 0 Å². The normalized spacial score (nSPS) is 16.3. The van der Waals surface area contributed by atoms with Crippen LogP contribution in [0.5, 0.6) is 0 Å². The monoisotopic (exact) mass is 398 g/mol. The molecule has 27 heavy (non-hydrogen) atoms. The van der Waals surface area contributed by atoms with Crippen molar-refractivity contribution in [3.05, 3.63) is 81.0 Å². The van der Waals surface area contributed by atoms with Crippen molar-refractivity contribution in [3.8, 4) is 0 Å². The number of hydrogen-bond acceptors (Lipinski definition) is 4. The highest BCUT2D eigenvalue weighted by molar-refractivity contribution is 7.09. The quantitative estimate of drug-likeness (QED) is 0.677. The molecule has 2 aromatic rings. The van der Waals surface area contributed by atoms with E-state index in [1.54, 1.807) is 16.2 Å². The Morgan fingerprint density at radius 2 is 2.00 bits per heavy atom. The fraction of sp³-hybridized carbons (Fsp3) is 0.238. The van der Waals surface area contributed by atoms with Gasteiger partial charge in [0.25, 0.3) is 5.91 Å². The average Bonchev–Trinajstić information content (AvgIpc) is 3.23. The Morgan fingerprint density at radius 1 is 1.22 bits per heavy atom. The zero-order valence-corrected chi connectivity index (χ0v) is 16.4. The van der Waals surface area contributed by atoms with Crippen LogP contribution in [0.25, 0.3) is 5.70 Å². The van der Waals surface area contributed by atoms with Gasteiger partial charge >= 0.3 is 0 Å². The van der Waals surface area contributed by atoms with Crippen molar-refractivity contribution in [2.24, 2.45) is 0 Å². The van der Waals surface area contributed by atoms with E-state index < -0.39 is 0 Å². The molecule has 4 nitrogen and oxygen atoms in total. The number of fused-ring (bicyclic) bond motifs is 1. The van der Waals surface area contributed by atoms with Gasteiger partial charge in [-0.15, -0.1) is 11.3 Å². The van der Waals surface area contributed by atoms with Gasteiger partial charge in [0.15, 0.2) is 0 Å². The SMILES string of the molecule is C=C1c2ccccc2C(=O)N1CCc1csc(COC2=CCCC=C2Cl)n1. The molecular formula is C21H19ClN2O2S. The molecule has 0 atom stereocenters. The lowest BCUT2D eigenvalue weighted by Crippen LogP contribution is -2.25. The largest absolute Gasteiger partial charge is 0.485 e. The van der Waals surface area contributed by atoms with Crippen molar-refractivity contribution < 1.29 is 9.53 Å². The molecule has 0 N–H and O–H groups in total. The second kappa shape index (κ2) is 7.71. The Hall–Kier alpha value is -2.37. The van der Waals surface area contributed by atoms with Crippen molar-refractivity contribution in [2.45, 2.75) is 25.9 Å². The number of benzene rings is 1. The van der Waals surface area contributed by atoms with E-state index in [4.69, 9.17) is 16.3 Å². The molecule has 0 spiro atoms. The maximum Gasteiger partial charge on any atom is 0.258 e. The molecule has 0 radical (unpaired) electrons. The van der Waals surface area contributed by atoms with Crippen LogP contribution >= 0.6 is 22.9 Å². The van der Waals surface area contributed by atoms with Crippen molar-refractivity contribution in [1.82, 2.24) is 9.88 Å². The number of hydrogen-bond donors (Lipinski definition) is 0. The van der Waals surface area contributed by atoms with Crippen molar-refractivity contribution >= 4 is 34.5 Å². The molecule has 1 aromatic heterocycles. The van der Waals surface area contributed by atoms with Crippen LogP contribution in [-0.4, -0.2) is 22.3 Å². The molecule has 0 saturated carbocycles. The molecular weight excluding hydrogens is 380 g/mol. The molecule has 2 aliphatic rings. The summed E-state index contributed by atoms with van der Waals surface area (Å²) in [7, 11) is 0. The summed E-state index contributed by atoms with van der Waals surface area (Å²) in [6.07, 6.45) is 6.57. The number of carbonyl (C=O) groups is 1. The molecule has 0 bridgehead atoms. The number of halogens is 1. The van der Waals surface area contributed by atoms with E-state index in [-0.39, 0.29) is 5.91 Å². The van der Waals surface area contributed by atoms with Gasteiger partial charge in [-0.3, -0.25) is 4.79 Å². The van der Waals surface area contributed by atoms with Crippen LogP contribution in [0.1, 0.15) is 39.5 Å². The zero-order chi connectivity index (χ0) is 18.8. The van der Waals surface area contributed by atoms with Gasteiger partial charge in [0, 0.05) is 35.2 Å². The standard InChI is InChI=1S/C21H19ClN2O2S/c1-14-16-6-2-3-7-17(16)21(25)24(14)11-10-15-13-27-20(23-15)12-26-19-9-5-4-8-18(19)22/h2-3,6-9,13H,1,4-5,10-12H2. The van der Waals surface area contributed by atoms with E-state index in [1.807, 2.05) is 41.8 Å². The first-order chi connectivity index (χ1) is 13.1. The number of allylic oxidation sites excluding steroid dienone is 3. The smallest absolute Gasteiger partial charge is 0.258 e. The van der Waals surface area contributed by atoms with Gasteiger partial charge < -0.3 is 9.64 Å². The van der Waals surface area contributed by atoms with Crippen molar-refractivity contribution in [2.75, 3.05) is 6.54 Å². The molecule has 0 saturated heterocycles. The van der Waals surface area contributed by atoms with Crippen molar-refractivity contribution in [3.63, 3.8) is 0 Å². The minimum absolute atomic E-state index is 0.0139. The second-order valence-electron chi connectivity index (χ2n) is 6.42. The van der Waals surface area contributed by atoms with Gasteiger partial charge in [0.05, 0.1) is 10.7 Å². The molecule has 0 fully saturated rings. The average molecular weight is 399 g/mol. The molecule has 1 amide bonds. The fourth-order valence-electron chi connectivity index (χ4n) is 3.22.